The van der Waals surface area contributed by atoms with Gasteiger partial charge in [0.25, 0.3) is 5.91 Å². The molecule has 4 heterocycles. The number of amides is 2. The van der Waals surface area contributed by atoms with E-state index in [1.165, 1.54) is 12.1 Å². The zero-order chi connectivity index (χ0) is 28.8. The topological polar surface area (TPSA) is 89.5 Å². The van der Waals surface area contributed by atoms with Crippen LogP contribution in [0.2, 0.25) is 5.02 Å². The van der Waals surface area contributed by atoms with Crippen molar-refractivity contribution < 1.29 is 23.8 Å². The van der Waals surface area contributed by atoms with Gasteiger partial charge in [0, 0.05) is 49.9 Å². The molecule has 1 aromatic carbocycles. The van der Waals surface area contributed by atoms with E-state index in [2.05, 4.69) is 30.2 Å². The van der Waals surface area contributed by atoms with Crippen LogP contribution >= 0.6 is 11.6 Å². The van der Waals surface area contributed by atoms with Crippen LogP contribution in [-0.4, -0.2) is 107 Å². The number of aliphatic hydroxyl groups is 1. The Hall–Kier alpha value is -3.21. The summed E-state index contributed by atoms with van der Waals surface area (Å²) in [6.07, 6.45) is 2.03. The standard InChI is InChI=1S/C29H35ClFN5O4/c1-5-22(38)34-10-11-35-19(15-34)17-40-26-23(28(35)39)27(32-25(24(26)30)20-8-6-7-9-21(20)31)36-16-18(14-29(36,2)3)33(4)12-13-37/h5-9,18-19,37H,1,10-17H2,2-4H3/t18-,19-/m1/s1. The van der Waals surface area contributed by atoms with E-state index in [4.69, 9.17) is 21.3 Å². The summed E-state index contributed by atoms with van der Waals surface area (Å²) < 4.78 is 21.3. The Morgan fingerprint density at radius 2 is 2.08 bits per heavy atom. The number of carbonyl (C=O) groups is 2. The highest BCUT2D eigenvalue weighted by atomic mass is 35.5. The number of likely N-dealkylation sites (N-methyl/N-ethyl adjacent to an activating group) is 1. The Kier molecular flexibility index (Phi) is 7.78. The summed E-state index contributed by atoms with van der Waals surface area (Å²) in [7, 11) is 1.96. The fraction of sp³-hybridized carbons (Fsp3) is 0.483. The molecule has 214 valence electrons. The van der Waals surface area contributed by atoms with Gasteiger partial charge in [-0.1, -0.05) is 30.3 Å². The van der Waals surface area contributed by atoms with E-state index in [1.807, 2.05) is 7.05 Å². The molecule has 2 saturated heterocycles. The molecule has 0 spiro atoms. The Labute approximate surface area is 238 Å². The average Bonchev–Trinajstić information content (AvgIpc) is 3.18. The summed E-state index contributed by atoms with van der Waals surface area (Å²) in [6.45, 7) is 9.94. The minimum absolute atomic E-state index is 0.0352. The molecule has 3 aliphatic heterocycles. The largest absolute Gasteiger partial charge is 0.489 e. The molecular formula is C29H35ClFN5O4. The second kappa shape index (κ2) is 11.0. The number of aliphatic hydroxyl groups excluding tert-OH is 1. The Balaban J connectivity index is 1.65. The average molecular weight is 572 g/mol. The number of carbonyl (C=O) groups excluding carboxylic acids is 2. The minimum Gasteiger partial charge on any atom is -0.489 e. The number of hydrogen-bond acceptors (Lipinski definition) is 7. The predicted octanol–water partition coefficient (Wildman–Crippen LogP) is 3.05. The Morgan fingerprint density at radius 3 is 2.77 bits per heavy atom. The van der Waals surface area contributed by atoms with Gasteiger partial charge < -0.3 is 24.5 Å². The third-order valence-electron chi connectivity index (χ3n) is 8.26. The van der Waals surface area contributed by atoms with Crippen LogP contribution in [0.5, 0.6) is 5.75 Å². The van der Waals surface area contributed by atoms with E-state index in [1.54, 1.807) is 28.0 Å². The van der Waals surface area contributed by atoms with Gasteiger partial charge in [0.05, 0.1) is 18.3 Å². The predicted molar refractivity (Wildman–Crippen MR) is 151 cm³/mol. The number of hydrogen-bond donors (Lipinski definition) is 1. The number of pyridine rings is 1. The number of benzene rings is 1. The molecule has 0 unspecified atom stereocenters. The van der Waals surface area contributed by atoms with Crippen LogP contribution in [0.3, 0.4) is 0 Å². The van der Waals surface area contributed by atoms with E-state index in [-0.39, 0.29) is 58.7 Å². The molecular weight excluding hydrogens is 537 g/mol. The first kappa shape index (κ1) is 28.3. The van der Waals surface area contributed by atoms with E-state index < -0.39 is 17.4 Å². The molecule has 5 rings (SSSR count). The lowest BCUT2D eigenvalue weighted by atomic mass is 9.98. The molecule has 0 aliphatic carbocycles. The van der Waals surface area contributed by atoms with Gasteiger partial charge >= 0.3 is 0 Å². The molecule has 0 bridgehead atoms. The molecule has 0 saturated carbocycles. The van der Waals surface area contributed by atoms with Crippen molar-refractivity contribution in [3.8, 4) is 17.0 Å². The lowest BCUT2D eigenvalue weighted by Crippen LogP contribution is -2.57. The quantitative estimate of drug-likeness (QED) is 0.533. The van der Waals surface area contributed by atoms with E-state index >= 15 is 4.39 Å². The van der Waals surface area contributed by atoms with E-state index in [0.29, 0.717) is 38.5 Å². The SMILES string of the molecule is C=CC(=O)N1CCN2C(=O)c3c(N4C[C@H](N(C)CCO)CC4(C)C)nc(-c4ccccc4F)c(Cl)c3OC[C@H]2C1. The van der Waals surface area contributed by atoms with Gasteiger partial charge in [0.1, 0.15) is 28.8 Å². The van der Waals surface area contributed by atoms with Gasteiger partial charge in [0.2, 0.25) is 5.91 Å². The number of fused-ring (bicyclic) bond motifs is 2. The van der Waals surface area contributed by atoms with Crippen molar-refractivity contribution in [2.75, 3.05) is 57.9 Å². The monoisotopic (exact) mass is 571 g/mol. The lowest BCUT2D eigenvalue weighted by Gasteiger charge is -2.40. The molecule has 2 fully saturated rings. The van der Waals surface area contributed by atoms with Crippen molar-refractivity contribution in [2.45, 2.75) is 37.9 Å². The fourth-order valence-electron chi connectivity index (χ4n) is 6.02. The maximum Gasteiger partial charge on any atom is 0.261 e. The third-order valence-corrected chi connectivity index (χ3v) is 8.61. The highest BCUT2D eigenvalue weighted by Crippen LogP contribution is 2.47. The van der Waals surface area contributed by atoms with Crippen LogP contribution in [0.4, 0.5) is 10.2 Å². The molecule has 11 heteroatoms. The summed E-state index contributed by atoms with van der Waals surface area (Å²) in [5.41, 5.74) is 0.238. The van der Waals surface area contributed by atoms with Crippen LogP contribution in [0.25, 0.3) is 11.3 Å². The van der Waals surface area contributed by atoms with Crippen molar-refractivity contribution in [1.29, 1.82) is 0 Å². The summed E-state index contributed by atoms with van der Waals surface area (Å²) >= 11 is 6.88. The highest BCUT2D eigenvalue weighted by Gasteiger charge is 2.46. The van der Waals surface area contributed by atoms with Crippen molar-refractivity contribution in [2.24, 2.45) is 0 Å². The third kappa shape index (κ3) is 4.93. The number of aromatic nitrogens is 1. The Bertz CT molecular complexity index is 1340. The van der Waals surface area contributed by atoms with E-state index in [0.717, 1.165) is 6.42 Å². The second-order valence-electron chi connectivity index (χ2n) is 11.2. The molecule has 2 amide bonds. The maximum atomic E-state index is 15.0. The van der Waals surface area contributed by atoms with Crippen LogP contribution in [0.15, 0.2) is 36.9 Å². The van der Waals surface area contributed by atoms with Crippen molar-refractivity contribution in [3.63, 3.8) is 0 Å². The van der Waals surface area contributed by atoms with Crippen LogP contribution in [0, 0.1) is 5.82 Å². The molecule has 1 N–H and O–H groups in total. The molecule has 1 aromatic heterocycles. The number of anilines is 1. The molecule has 0 radical (unpaired) electrons. The molecule has 2 aromatic rings. The van der Waals surface area contributed by atoms with Gasteiger partial charge in [-0.3, -0.25) is 14.5 Å². The summed E-state index contributed by atoms with van der Waals surface area (Å²) in [6, 6.07) is 5.95. The number of halogens is 2. The first-order valence-electron chi connectivity index (χ1n) is 13.5. The molecule has 40 heavy (non-hydrogen) atoms. The normalized spacial score (nSPS) is 22.1. The number of piperazine rings is 1. The van der Waals surface area contributed by atoms with Gasteiger partial charge in [0.15, 0.2) is 5.75 Å². The minimum atomic E-state index is -0.486. The molecule has 9 nitrogen and oxygen atoms in total. The van der Waals surface area contributed by atoms with Gasteiger partial charge in [-0.25, -0.2) is 9.37 Å². The first-order chi connectivity index (χ1) is 19.1. The summed E-state index contributed by atoms with van der Waals surface area (Å²) in [5, 5.41) is 9.59. The van der Waals surface area contributed by atoms with Crippen molar-refractivity contribution in [3.05, 3.63) is 53.3 Å². The van der Waals surface area contributed by atoms with Gasteiger partial charge in [-0.2, -0.15) is 0 Å². The van der Waals surface area contributed by atoms with Crippen LogP contribution < -0.4 is 9.64 Å². The zero-order valence-corrected chi connectivity index (χ0v) is 23.8. The van der Waals surface area contributed by atoms with Crippen LogP contribution in [-0.2, 0) is 4.79 Å². The first-order valence-corrected chi connectivity index (χ1v) is 13.9. The summed E-state index contributed by atoms with van der Waals surface area (Å²) in [4.78, 5) is 39.0. The fourth-order valence-corrected chi connectivity index (χ4v) is 6.31. The number of nitrogens with zero attached hydrogens (tertiary/aromatic N) is 5. The lowest BCUT2D eigenvalue weighted by molar-refractivity contribution is -0.128. The smallest absolute Gasteiger partial charge is 0.261 e. The molecule has 2 atom stereocenters. The number of ether oxygens (including phenoxy) is 1. The highest BCUT2D eigenvalue weighted by molar-refractivity contribution is 6.35. The van der Waals surface area contributed by atoms with Crippen LogP contribution in [0.1, 0.15) is 30.6 Å². The summed E-state index contributed by atoms with van der Waals surface area (Å²) in [5.74, 6) is -0.407. The zero-order valence-electron chi connectivity index (χ0n) is 23.1. The maximum absolute atomic E-state index is 15.0. The second-order valence-corrected chi connectivity index (χ2v) is 11.6. The van der Waals surface area contributed by atoms with E-state index in [9.17, 15) is 14.7 Å². The van der Waals surface area contributed by atoms with Gasteiger partial charge in [-0.05, 0) is 45.5 Å². The van der Waals surface area contributed by atoms with Crippen molar-refractivity contribution in [1.82, 2.24) is 19.7 Å². The Morgan fingerprint density at radius 1 is 1.32 bits per heavy atom. The number of rotatable bonds is 6. The van der Waals surface area contributed by atoms with Crippen molar-refractivity contribution >= 4 is 29.2 Å². The molecule has 3 aliphatic rings. The van der Waals surface area contributed by atoms with Gasteiger partial charge in [-0.15, -0.1) is 0 Å².